The lowest BCUT2D eigenvalue weighted by Gasteiger charge is -2.37. The van der Waals surface area contributed by atoms with Gasteiger partial charge in [0.15, 0.2) is 0 Å². The first-order chi connectivity index (χ1) is 17.0. The van der Waals surface area contributed by atoms with Crippen molar-refractivity contribution in [3.05, 3.63) is 70.0 Å². The Hall–Kier alpha value is -3.88. The Kier molecular flexibility index (Phi) is 7.64. The van der Waals surface area contributed by atoms with Crippen LogP contribution in [0.2, 0.25) is 0 Å². The summed E-state index contributed by atoms with van der Waals surface area (Å²) >= 11 is 0. The summed E-state index contributed by atoms with van der Waals surface area (Å²) in [7, 11) is 0. The summed E-state index contributed by atoms with van der Waals surface area (Å²) in [6.07, 6.45) is 3.44. The van der Waals surface area contributed by atoms with Gasteiger partial charge in [-0.3, -0.25) is 10.1 Å². The molecule has 184 valence electrons. The monoisotopic (exact) mass is 476 g/mol. The number of piperazine rings is 1. The summed E-state index contributed by atoms with van der Waals surface area (Å²) in [6.45, 7) is 9.81. The molecule has 3 aromatic rings. The molecule has 1 fully saturated rings. The Labute approximate surface area is 205 Å². The highest BCUT2D eigenvalue weighted by atomic mass is 16.6. The van der Waals surface area contributed by atoms with Gasteiger partial charge in [0.2, 0.25) is 11.6 Å². The van der Waals surface area contributed by atoms with Crippen molar-refractivity contribution in [2.45, 2.75) is 33.6 Å². The van der Waals surface area contributed by atoms with Crippen LogP contribution in [0.1, 0.15) is 30.9 Å². The third kappa shape index (κ3) is 5.62. The molecule has 1 aromatic heterocycles. The SMILES string of the molecule is CCCCOc1ccc(Nc2ncnc(N3CCN(c4cccc(C)c4C)CC3)c2[N+](=O)[O-])cc1. The fourth-order valence-electron chi connectivity index (χ4n) is 4.20. The number of unbranched alkanes of at least 4 members (excludes halogenated alkanes) is 1. The fourth-order valence-corrected chi connectivity index (χ4v) is 4.20. The predicted molar refractivity (Wildman–Crippen MR) is 139 cm³/mol. The average molecular weight is 477 g/mol. The van der Waals surface area contributed by atoms with Gasteiger partial charge in [-0.1, -0.05) is 25.5 Å². The van der Waals surface area contributed by atoms with Gasteiger partial charge in [-0.05, 0) is 61.7 Å². The van der Waals surface area contributed by atoms with E-state index in [2.05, 4.69) is 59.2 Å². The molecule has 0 aliphatic carbocycles. The van der Waals surface area contributed by atoms with Gasteiger partial charge in [-0.15, -0.1) is 0 Å². The normalized spacial score (nSPS) is 13.6. The van der Waals surface area contributed by atoms with Gasteiger partial charge in [-0.2, -0.15) is 0 Å². The topological polar surface area (TPSA) is 96.7 Å². The molecule has 35 heavy (non-hydrogen) atoms. The molecule has 1 aliphatic heterocycles. The maximum absolute atomic E-state index is 12.1. The first-order valence-corrected chi connectivity index (χ1v) is 12.0. The molecule has 0 spiro atoms. The van der Waals surface area contributed by atoms with Crippen LogP contribution in [-0.4, -0.2) is 47.7 Å². The molecule has 9 nitrogen and oxygen atoms in total. The number of aromatic nitrogens is 2. The second kappa shape index (κ2) is 11.0. The van der Waals surface area contributed by atoms with Gasteiger partial charge in [0.05, 0.1) is 11.5 Å². The number of hydrogen-bond donors (Lipinski definition) is 1. The summed E-state index contributed by atoms with van der Waals surface area (Å²) in [5, 5.41) is 15.2. The first-order valence-electron chi connectivity index (χ1n) is 12.0. The fraction of sp³-hybridized carbons (Fsp3) is 0.385. The van der Waals surface area contributed by atoms with E-state index in [-0.39, 0.29) is 11.5 Å². The molecule has 0 radical (unpaired) electrons. The number of nitrogens with zero attached hydrogens (tertiary/aromatic N) is 5. The number of nitro groups is 1. The van der Waals surface area contributed by atoms with Gasteiger partial charge >= 0.3 is 5.69 Å². The summed E-state index contributed by atoms with van der Waals surface area (Å²) in [6, 6.07) is 13.7. The zero-order valence-corrected chi connectivity index (χ0v) is 20.5. The zero-order valence-electron chi connectivity index (χ0n) is 20.5. The molecule has 1 N–H and O–H groups in total. The molecular formula is C26H32N6O3. The van der Waals surface area contributed by atoms with Crippen molar-refractivity contribution in [3.8, 4) is 5.75 Å². The highest BCUT2D eigenvalue weighted by Crippen LogP contribution is 2.35. The van der Waals surface area contributed by atoms with Crippen LogP contribution in [0.4, 0.5) is 28.7 Å². The van der Waals surface area contributed by atoms with Gasteiger partial charge < -0.3 is 19.9 Å². The van der Waals surface area contributed by atoms with E-state index in [9.17, 15) is 10.1 Å². The summed E-state index contributed by atoms with van der Waals surface area (Å²) in [5.41, 5.74) is 4.32. The minimum atomic E-state index is -0.406. The molecule has 1 saturated heterocycles. The van der Waals surface area contributed by atoms with Crippen LogP contribution in [0.3, 0.4) is 0 Å². The minimum Gasteiger partial charge on any atom is -0.494 e. The van der Waals surface area contributed by atoms with E-state index >= 15 is 0 Å². The number of aryl methyl sites for hydroxylation is 1. The largest absolute Gasteiger partial charge is 0.494 e. The Balaban J connectivity index is 1.49. The van der Waals surface area contributed by atoms with Crippen LogP contribution in [0, 0.1) is 24.0 Å². The Bertz CT molecular complexity index is 1160. The van der Waals surface area contributed by atoms with E-state index in [0.717, 1.165) is 31.7 Å². The lowest BCUT2D eigenvalue weighted by atomic mass is 10.1. The smallest absolute Gasteiger partial charge is 0.353 e. The van der Waals surface area contributed by atoms with Crippen LogP contribution in [0.25, 0.3) is 0 Å². The Morgan fingerprint density at radius 1 is 1.03 bits per heavy atom. The van der Waals surface area contributed by atoms with E-state index in [4.69, 9.17) is 4.74 Å². The number of benzene rings is 2. The van der Waals surface area contributed by atoms with Crippen molar-refractivity contribution in [1.29, 1.82) is 0 Å². The molecule has 1 aliphatic rings. The molecule has 0 amide bonds. The van der Waals surface area contributed by atoms with Gasteiger partial charge in [0.25, 0.3) is 0 Å². The highest BCUT2D eigenvalue weighted by Gasteiger charge is 2.29. The number of rotatable bonds is 9. The van der Waals surface area contributed by atoms with E-state index in [1.807, 2.05) is 29.2 Å². The van der Waals surface area contributed by atoms with Gasteiger partial charge in [0, 0.05) is 37.6 Å². The van der Waals surface area contributed by atoms with Crippen LogP contribution in [0.5, 0.6) is 5.75 Å². The number of ether oxygens (including phenoxy) is 1. The Morgan fingerprint density at radius 3 is 2.43 bits per heavy atom. The third-order valence-corrected chi connectivity index (χ3v) is 6.37. The van der Waals surface area contributed by atoms with Crippen molar-refractivity contribution in [1.82, 2.24) is 9.97 Å². The molecule has 0 saturated carbocycles. The molecule has 0 unspecified atom stereocenters. The molecule has 0 bridgehead atoms. The van der Waals surface area contributed by atoms with Crippen LogP contribution in [-0.2, 0) is 0 Å². The van der Waals surface area contributed by atoms with Crippen LogP contribution >= 0.6 is 0 Å². The number of nitrogens with one attached hydrogen (secondary N) is 1. The van der Waals surface area contributed by atoms with Crippen LogP contribution in [0.15, 0.2) is 48.8 Å². The van der Waals surface area contributed by atoms with Crippen LogP contribution < -0.4 is 19.9 Å². The standard InChI is InChI=1S/C26H32N6O3/c1-4-5-17-35-22-11-9-21(10-12-22)29-25-24(32(33)34)26(28-18-27-25)31-15-13-30(14-16-31)23-8-6-7-19(2)20(23)3/h6-12,18H,4-5,13-17H2,1-3H3,(H,27,28,29). The third-order valence-electron chi connectivity index (χ3n) is 6.37. The molecule has 0 atom stereocenters. The molecule has 2 heterocycles. The molecular weight excluding hydrogens is 444 g/mol. The van der Waals surface area contributed by atoms with E-state index in [0.29, 0.717) is 31.2 Å². The average Bonchev–Trinajstić information content (AvgIpc) is 2.87. The maximum atomic E-state index is 12.1. The van der Waals surface area contributed by atoms with Gasteiger partial charge in [-0.25, -0.2) is 9.97 Å². The van der Waals surface area contributed by atoms with Crippen molar-refractivity contribution < 1.29 is 9.66 Å². The maximum Gasteiger partial charge on any atom is 0.353 e. The van der Waals surface area contributed by atoms with E-state index in [1.165, 1.54) is 23.1 Å². The second-order valence-corrected chi connectivity index (χ2v) is 8.70. The number of hydrogen-bond acceptors (Lipinski definition) is 8. The summed E-state index contributed by atoms with van der Waals surface area (Å²) in [5.74, 6) is 1.29. The summed E-state index contributed by atoms with van der Waals surface area (Å²) in [4.78, 5) is 24.5. The predicted octanol–water partition coefficient (Wildman–Crippen LogP) is 5.25. The van der Waals surface area contributed by atoms with Crippen molar-refractivity contribution in [3.63, 3.8) is 0 Å². The first kappa shape index (κ1) is 24.3. The minimum absolute atomic E-state index is 0.115. The van der Waals surface area contributed by atoms with Gasteiger partial charge in [0.1, 0.15) is 12.1 Å². The second-order valence-electron chi connectivity index (χ2n) is 8.70. The lowest BCUT2D eigenvalue weighted by molar-refractivity contribution is -0.383. The Morgan fingerprint density at radius 2 is 1.74 bits per heavy atom. The molecule has 2 aromatic carbocycles. The van der Waals surface area contributed by atoms with E-state index in [1.54, 1.807) is 0 Å². The van der Waals surface area contributed by atoms with Crippen molar-refractivity contribution in [2.24, 2.45) is 0 Å². The van der Waals surface area contributed by atoms with E-state index < -0.39 is 4.92 Å². The van der Waals surface area contributed by atoms with Crippen molar-refractivity contribution in [2.75, 3.05) is 47.9 Å². The lowest BCUT2D eigenvalue weighted by Crippen LogP contribution is -2.47. The van der Waals surface area contributed by atoms with Crippen molar-refractivity contribution >= 4 is 28.7 Å². The zero-order chi connectivity index (χ0) is 24.8. The quantitative estimate of drug-likeness (QED) is 0.254. The molecule has 4 rings (SSSR count). The molecule has 9 heteroatoms. The highest BCUT2D eigenvalue weighted by molar-refractivity contribution is 5.75. The summed E-state index contributed by atoms with van der Waals surface area (Å²) < 4.78 is 5.69. The number of anilines is 4.